The van der Waals surface area contributed by atoms with Crippen LogP contribution in [-0.4, -0.2) is 19.7 Å². The number of fused-ring (bicyclic) bond motifs is 1. The highest BCUT2D eigenvalue weighted by Crippen LogP contribution is 2.30. The molecule has 4 heteroatoms. The number of aliphatic hydroxyl groups is 1. The molecule has 0 aromatic carbocycles. The summed E-state index contributed by atoms with van der Waals surface area (Å²) in [5.41, 5.74) is 3.92. The van der Waals surface area contributed by atoms with Gasteiger partial charge in [0.2, 0.25) is 0 Å². The third-order valence-electron chi connectivity index (χ3n) is 3.29. The number of hydrogen-bond acceptors (Lipinski definition) is 3. The first-order valence-corrected chi connectivity index (χ1v) is 6.38. The standard InChI is InChI=1S/C14H21N3O/c1-6-11(18)12-9(2)7-10(14(3,4)5)13-15-8-16-17(12)13/h7-8,11,18H,6H2,1-5H3/t11-/m1/s1. The number of aliphatic hydroxyl groups excluding tert-OH is 1. The van der Waals surface area contributed by atoms with Gasteiger partial charge in [-0.2, -0.15) is 5.10 Å². The highest BCUT2D eigenvalue weighted by atomic mass is 16.3. The molecular weight excluding hydrogens is 226 g/mol. The van der Waals surface area contributed by atoms with E-state index in [9.17, 15) is 5.11 Å². The van der Waals surface area contributed by atoms with Gasteiger partial charge >= 0.3 is 0 Å². The minimum atomic E-state index is -0.497. The quantitative estimate of drug-likeness (QED) is 0.887. The molecule has 0 amide bonds. The zero-order chi connectivity index (χ0) is 13.5. The lowest BCUT2D eigenvalue weighted by molar-refractivity contribution is 0.165. The highest BCUT2D eigenvalue weighted by Gasteiger charge is 2.23. The molecule has 0 saturated carbocycles. The van der Waals surface area contributed by atoms with Crippen LogP contribution >= 0.6 is 0 Å². The van der Waals surface area contributed by atoms with Gasteiger partial charge in [0.1, 0.15) is 6.33 Å². The fraction of sp³-hybridized carbons (Fsp3) is 0.571. The van der Waals surface area contributed by atoms with Crippen LogP contribution in [0, 0.1) is 6.92 Å². The van der Waals surface area contributed by atoms with E-state index in [0.717, 1.165) is 22.5 Å². The van der Waals surface area contributed by atoms with Crippen LogP contribution in [0.2, 0.25) is 0 Å². The van der Waals surface area contributed by atoms with Crippen molar-refractivity contribution in [2.75, 3.05) is 0 Å². The average molecular weight is 247 g/mol. The monoisotopic (exact) mass is 247 g/mol. The predicted octanol–water partition coefficient (Wildman–Crippen LogP) is 2.78. The van der Waals surface area contributed by atoms with Crippen molar-refractivity contribution in [2.45, 2.75) is 52.6 Å². The Morgan fingerprint density at radius 2 is 2.06 bits per heavy atom. The van der Waals surface area contributed by atoms with Gasteiger partial charge in [-0.15, -0.1) is 0 Å². The normalized spacial score (nSPS) is 14.1. The Morgan fingerprint density at radius 1 is 1.39 bits per heavy atom. The van der Waals surface area contributed by atoms with E-state index in [1.807, 2.05) is 13.8 Å². The molecule has 18 heavy (non-hydrogen) atoms. The van der Waals surface area contributed by atoms with Gasteiger partial charge in [-0.05, 0) is 30.4 Å². The highest BCUT2D eigenvalue weighted by molar-refractivity contribution is 5.53. The minimum absolute atomic E-state index is 0.00867. The molecule has 0 aliphatic rings. The Bertz CT molecular complexity index is 566. The molecule has 2 heterocycles. The average Bonchev–Trinajstić information content (AvgIpc) is 2.74. The number of rotatable bonds is 2. The number of aryl methyl sites for hydroxylation is 1. The Hall–Kier alpha value is -1.42. The Labute approximate surface area is 108 Å². The van der Waals surface area contributed by atoms with Crippen molar-refractivity contribution < 1.29 is 5.11 Å². The lowest BCUT2D eigenvalue weighted by Crippen LogP contribution is -2.17. The van der Waals surface area contributed by atoms with Crippen molar-refractivity contribution in [3.8, 4) is 0 Å². The number of nitrogens with zero attached hydrogens (tertiary/aromatic N) is 3. The zero-order valence-electron chi connectivity index (χ0n) is 11.7. The molecule has 1 atom stereocenters. The fourth-order valence-electron chi connectivity index (χ4n) is 2.27. The van der Waals surface area contributed by atoms with E-state index >= 15 is 0 Å². The summed E-state index contributed by atoms with van der Waals surface area (Å²) in [4.78, 5) is 4.34. The molecule has 2 aromatic rings. The third kappa shape index (κ3) is 2.01. The second-order valence-corrected chi connectivity index (χ2v) is 5.80. The molecule has 0 fully saturated rings. The molecule has 2 aromatic heterocycles. The number of aromatic nitrogens is 3. The van der Waals surface area contributed by atoms with Crippen LogP contribution in [0.5, 0.6) is 0 Å². The molecule has 0 unspecified atom stereocenters. The van der Waals surface area contributed by atoms with Crippen molar-refractivity contribution in [2.24, 2.45) is 0 Å². The van der Waals surface area contributed by atoms with E-state index in [2.05, 4.69) is 36.9 Å². The van der Waals surface area contributed by atoms with E-state index in [1.165, 1.54) is 0 Å². The maximum absolute atomic E-state index is 10.1. The van der Waals surface area contributed by atoms with Crippen LogP contribution in [0.4, 0.5) is 0 Å². The van der Waals surface area contributed by atoms with Crippen LogP contribution < -0.4 is 0 Å². The molecular formula is C14H21N3O. The summed E-state index contributed by atoms with van der Waals surface area (Å²) in [7, 11) is 0. The van der Waals surface area contributed by atoms with Crippen LogP contribution in [0.1, 0.15) is 57.0 Å². The number of hydrogen-bond donors (Lipinski definition) is 1. The summed E-state index contributed by atoms with van der Waals surface area (Å²) in [5.74, 6) is 0. The van der Waals surface area contributed by atoms with Crippen LogP contribution in [0.25, 0.3) is 5.65 Å². The lowest BCUT2D eigenvalue weighted by atomic mass is 9.86. The van der Waals surface area contributed by atoms with Gasteiger partial charge in [-0.3, -0.25) is 0 Å². The van der Waals surface area contributed by atoms with Gasteiger partial charge < -0.3 is 5.11 Å². The van der Waals surface area contributed by atoms with E-state index < -0.39 is 6.10 Å². The molecule has 2 rings (SSSR count). The molecule has 0 aliphatic carbocycles. The third-order valence-corrected chi connectivity index (χ3v) is 3.29. The maximum atomic E-state index is 10.1. The first-order chi connectivity index (χ1) is 8.36. The van der Waals surface area contributed by atoms with Gasteiger partial charge in [0, 0.05) is 5.56 Å². The first-order valence-electron chi connectivity index (χ1n) is 6.38. The van der Waals surface area contributed by atoms with E-state index in [-0.39, 0.29) is 5.41 Å². The molecule has 0 saturated heterocycles. The van der Waals surface area contributed by atoms with Gasteiger partial charge in [-0.25, -0.2) is 9.50 Å². The Kier molecular flexibility index (Phi) is 3.15. The second-order valence-electron chi connectivity index (χ2n) is 5.80. The van der Waals surface area contributed by atoms with E-state index in [0.29, 0.717) is 6.42 Å². The topological polar surface area (TPSA) is 50.4 Å². The summed E-state index contributed by atoms with van der Waals surface area (Å²) in [5, 5.41) is 14.4. The van der Waals surface area contributed by atoms with Crippen molar-refractivity contribution >= 4 is 5.65 Å². The van der Waals surface area contributed by atoms with Crippen molar-refractivity contribution in [1.82, 2.24) is 14.6 Å². The Morgan fingerprint density at radius 3 is 2.61 bits per heavy atom. The second kappa shape index (κ2) is 4.35. The smallest absolute Gasteiger partial charge is 0.159 e. The van der Waals surface area contributed by atoms with Gasteiger partial charge in [-0.1, -0.05) is 27.7 Å². The zero-order valence-corrected chi connectivity index (χ0v) is 11.7. The van der Waals surface area contributed by atoms with E-state index in [1.54, 1.807) is 10.8 Å². The first kappa shape index (κ1) is 13.0. The molecule has 0 radical (unpaired) electrons. The van der Waals surface area contributed by atoms with Crippen LogP contribution in [-0.2, 0) is 5.41 Å². The number of pyridine rings is 1. The summed E-state index contributed by atoms with van der Waals surface area (Å²) in [6.45, 7) is 10.5. The van der Waals surface area contributed by atoms with Gasteiger partial charge in [0.15, 0.2) is 5.65 Å². The molecule has 0 aliphatic heterocycles. The summed E-state index contributed by atoms with van der Waals surface area (Å²) < 4.78 is 1.78. The Balaban J connectivity index is 2.78. The molecule has 98 valence electrons. The van der Waals surface area contributed by atoms with E-state index in [4.69, 9.17) is 0 Å². The fourth-order valence-corrected chi connectivity index (χ4v) is 2.27. The molecule has 1 N–H and O–H groups in total. The van der Waals surface area contributed by atoms with Crippen molar-refractivity contribution in [1.29, 1.82) is 0 Å². The molecule has 0 bridgehead atoms. The van der Waals surface area contributed by atoms with Crippen LogP contribution in [0.15, 0.2) is 12.4 Å². The lowest BCUT2D eigenvalue weighted by Gasteiger charge is -2.23. The largest absolute Gasteiger partial charge is 0.387 e. The molecule has 0 spiro atoms. The summed E-state index contributed by atoms with van der Waals surface area (Å²) >= 11 is 0. The predicted molar refractivity (Wildman–Crippen MR) is 71.7 cm³/mol. The maximum Gasteiger partial charge on any atom is 0.159 e. The summed E-state index contributed by atoms with van der Waals surface area (Å²) in [6, 6.07) is 2.12. The van der Waals surface area contributed by atoms with Crippen LogP contribution in [0.3, 0.4) is 0 Å². The SMILES string of the molecule is CC[C@@H](O)c1c(C)cc(C(C)(C)C)c2ncnn12. The van der Waals surface area contributed by atoms with Gasteiger partial charge in [0.05, 0.1) is 11.8 Å². The molecule has 4 nitrogen and oxygen atoms in total. The van der Waals surface area contributed by atoms with Crippen molar-refractivity contribution in [3.05, 3.63) is 29.2 Å². The van der Waals surface area contributed by atoms with Crippen molar-refractivity contribution in [3.63, 3.8) is 0 Å². The van der Waals surface area contributed by atoms with Gasteiger partial charge in [0.25, 0.3) is 0 Å². The summed E-state index contributed by atoms with van der Waals surface area (Å²) in [6.07, 6.45) is 1.73. The minimum Gasteiger partial charge on any atom is -0.387 e.